The molecule has 5 heteroatoms. The maximum atomic E-state index is 5.12. The van der Waals surface area contributed by atoms with Crippen molar-refractivity contribution in [1.29, 1.82) is 0 Å². The lowest BCUT2D eigenvalue weighted by Gasteiger charge is -2.07. The average Bonchev–Trinajstić information content (AvgIpc) is 2.89. The Morgan fingerprint density at radius 3 is 2.72 bits per heavy atom. The van der Waals surface area contributed by atoms with E-state index in [-0.39, 0.29) is 0 Å². The molecular weight excluding hydrogens is 228 g/mol. The lowest BCUT2D eigenvalue weighted by atomic mass is 10.3. The van der Waals surface area contributed by atoms with E-state index in [0.717, 1.165) is 28.3 Å². The van der Waals surface area contributed by atoms with Crippen molar-refractivity contribution in [2.24, 2.45) is 0 Å². The molecule has 5 nitrogen and oxygen atoms in total. The Kier molecular flexibility index (Phi) is 2.57. The minimum atomic E-state index is 0.759. The van der Waals surface area contributed by atoms with E-state index >= 15 is 0 Å². The summed E-state index contributed by atoms with van der Waals surface area (Å²) >= 11 is 0. The zero-order valence-corrected chi connectivity index (χ0v) is 9.84. The molecule has 90 valence electrons. The van der Waals surface area contributed by atoms with Crippen LogP contribution in [0.15, 0.2) is 42.9 Å². The first-order valence-electron chi connectivity index (χ1n) is 5.56. The number of ether oxygens (including phenoxy) is 1. The Morgan fingerprint density at radius 2 is 1.94 bits per heavy atom. The maximum absolute atomic E-state index is 5.12. The minimum Gasteiger partial charge on any atom is -0.497 e. The Bertz CT molecular complexity index is 660. The molecule has 0 radical (unpaired) electrons. The molecular formula is C13H12N4O. The third kappa shape index (κ3) is 1.86. The standard InChI is InChI=1S/C13H12N4O/c1-18-10-4-2-9(3-5-10)17-13-12-11(6-7-14-12)15-8-16-13/h2-8,14H,1H3,(H,15,16,17). The lowest BCUT2D eigenvalue weighted by molar-refractivity contribution is 0.415. The molecule has 2 aromatic heterocycles. The van der Waals surface area contributed by atoms with Crippen molar-refractivity contribution in [2.45, 2.75) is 0 Å². The van der Waals surface area contributed by atoms with Crippen LogP contribution in [0.1, 0.15) is 0 Å². The molecule has 0 saturated carbocycles. The highest BCUT2D eigenvalue weighted by Gasteiger charge is 2.04. The van der Waals surface area contributed by atoms with Gasteiger partial charge in [0.1, 0.15) is 17.6 Å². The van der Waals surface area contributed by atoms with Gasteiger partial charge >= 0.3 is 0 Å². The summed E-state index contributed by atoms with van der Waals surface area (Å²) in [5.74, 6) is 1.59. The summed E-state index contributed by atoms with van der Waals surface area (Å²) in [5.41, 5.74) is 2.74. The van der Waals surface area contributed by atoms with Gasteiger partial charge in [-0.15, -0.1) is 0 Å². The van der Waals surface area contributed by atoms with Gasteiger partial charge < -0.3 is 15.0 Å². The van der Waals surface area contributed by atoms with Gasteiger partial charge in [0.25, 0.3) is 0 Å². The molecule has 0 saturated heterocycles. The van der Waals surface area contributed by atoms with Gasteiger partial charge in [-0.1, -0.05) is 0 Å². The molecule has 2 heterocycles. The number of H-pyrrole nitrogens is 1. The third-order valence-electron chi connectivity index (χ3n) is 2.70. The van der Waals surface area contributed by atoms with Crippen molar-refractivity contribution in [3.8, 4) is 5.75 Å². The van der Waals surface area contributed by atoms with Crippen LogP contribution in [0, 0.1) is 0 Å². The van der Waals surface area contributed by atoms with Crippen LogP contribution < -0.4 is 10.1 Å². The van der Waals surface area contributed by atoms with Crippen LogP contribution in [0.2, 0.25) is 0 Å². The monoisotopic (exact) mass is 240 g/mol. The first-order valence-corrected chi connectivity index (χ1v) is 5.56. The number of hydrogen-bond donors (Lipinski definition) is 2. The van der Waals surface area contributed by atoms with Crippen molar-refractivity contribution < 1.29 is 4.74 Å². The van der Waals surface area contributed by atoms with Gasteiger partial charge in [0, 0.05) is 11.9 Å². The first kappa shape index (κ1) is 10.6. The number of methoxy groups -OCH3 is 1. The number of rotatable bonds is 3. The van der Waals surface area contributed by atoms with Gasteiger partial charge in [-0.05, 0) is 30.3 Å². The second-order valence-corrected chi connectivity index (χ2v) is 3.81. The van der Waals surface area contributed by atoms with Gasteiger partial charge in [0.2, 0.25) is 0 Å². The molecule has 0 aliphatic carbocycles. The number of anilines is 2. The number of aromatic nitrogens is 3. The normalized spacial score (nSPS) is 10.5. The average molecular weight is 240 g/mol. The summed E-state index contributed by atoms with van der Waals surface area (Å²) in [5, 5.41) is 3.25. The van der Waals surface area contributed by atoms with Crippen molar-refractivity contribution >= 4 is 22.5 Å². The van der Waals surface area contributed by atoms with E-state index in [1.165, 1.54) is 0 Å². The molecule has 0 fully saturated rings. The zero-order chi connectivity index (χ0) is 12.4. The first-order chi connectivity index (χ1) is 8.86. The van der Waals surface area contributed by atoms with Crippen LogP contribution in [0.5, 0.6) is 5.75 Å². The smallest absolute Gasteiger partial charge is 0.158 e. The number of aromatic amines is 1. The number of hydrogen-bond acceptors (Lipinski definition) is 4. The molecule has 0 spiro atoms. The summed E-state index contributed by atoms with van der Waals surface area (Å²) < 4.78 is 5.12. The molecule has 0 bridgehead atoms. The Balaban J connectivity index is 1.93. The highest BCUT2D eigenvalue weighted by molar-refractivity contribution is 5.87. The Labute approximate surface area is 104 Å². The second-order valence-electron chi connectivity index (χ2n) is 3.81. The number of nitrogens with zero attached hydrogens (tertiary/aromatic N) is 2. The third-order valence-corrected chi connectivity index (χ3v) is 2.70. The van der Waals surface area contributed by atoms with Crippen molar-refractivity contribution in [3.63, 3.8) is 0 Å². The molecule has 0 unspecified atom stereocenters. The largest absolute Gasteiger partial charge is 0.497 e. The van der Waals surface area contributed by atoms with Gasteiger partial charge in [0.15, 0.2) is 5.82 Å². The van der Waals surface area contributed by atoms with Crippen molar-refractivity contribution in [3.05, 3.63) is 42.9 Å². The van der Waals surface area contributed by atoms with Gasteiger partial charge in [-0.3, -0.25) is 0 Å². The van der Waals surface area contributed by atoms with Gasteiger partial charge in [0.05, 0.1) is 12.6 Å². The molecule has 3 aromatic rings. The molecule has 0 amide bonds. The summed E-state index contributed by atoms with van der Waals surface area (Å²) in [6.45, 7) is 0. The van der Waals surface area contributed by atoms with Gasteiger partial charge in [-0.2, -0.15) is 0 Å². The van der Waals surface area contributed by atoms with Crippen LogP contribution in [0.4, 0.5) is 11.5 Å². The predicted octanol–water partition coefficient (Wildman–Crippen LogP) is 2.71. The second kappa shape index (κ2) is 4.37. The summed E-state index contributed by atoms with van der Waals surface area (Å²) in [7, 11) is 1.65. The highest BCUT2D eigenvalue weighted by Crippen LogP contribution is 2.22. The van der Waals surface area contributed by atoms with Crippen LogP contribution in [0.25, 0.3) is 11.0 Å². The Morgan fingerprint density at radius 1 is 1.11 bits per heavy atom. The fourth-order valence-corrected chi connectivity index (χ4v) is 1.78. The molecule has 0 aliphatic rings. The maximum Gasteiger partial charge on any atom is 0.158 e. The van der Waals surface area contributed by atoms with E-state index in [1.54, 1.807) is 13.4 Å². The van der Waals surface area contributed by atoms with E-state index in [9.17, 15) is 0 Å². The molecule has 1 aromatic carbocycles. The van der Waals surface area contributed by atoms with E-state index < -0.39 is 0 Å². The number of fused-ring (bicyclic) bond motifs is 1. The van der Waals surface area contributed by atoms with Crippen molar-refractivity contribution in [2.75, 3.05) is 12.4 Å². The summed E-state index contributed by atoms with van der Waals surface area (Å²) in [6.07, 6.45) is 3.39. The molecule has 0 atom stereocenters. The highest BCUT2D eigenvalue weighted by atomic mass is 16.5. The van der Waals surface area contributed by atoms with Crippen LogP contribution in [0.3, 0.4) is 0 Å². The van der Waals surface area contributed by atoms with Crippen molar-refractivity contribution in [1.82, 2.24) is 15.0 Å². The topological polar surface area (TPSA) is 62.8 Å². The van der Waals surface area contributed by atoms with E-state index in [0.29, 0.717) is 0 Å². The molecule has 2 N–H and O–H groups in total. The zero-order valence-electron chi connectivity index (χ0n) is 9.84. The predicted molar refractivity (Wildman–Crippen MR) is 70.2 cm³/mol. The van der Waals surface area contributed by atoms with E-state index in [2.05, 4.69) is 20.3 Å². The fraction of sp³-hybridized carbons (Fsp3) is 0.0769. The van der Waals surface area contributed by atoms with Crippen LogP contribution >= 0.6 is 0 Å². The van der Waals surface area contributed by atoms with Gasteiger partial charge in [-0.25, -0.2) is 9.97 Å². The SMILES string of the molecule is COc1ccc(Nc2ncnc3cc[nH]c23)cc1. The minimum absolute atomic E-state index is 0.759. The summed E-state index contributed by atoms with van der Waals surface area (Å²) in [4.78, 5) is 11.5. The molecule has 18 heavy (non-hydrogen) atoms. The van der Waals surface area contributed by atoms with Crippen LogP contribution in [-0.4, -0.2) is 22.1 Å². The number of nitrogens with one attached hydrogen (secondary N) is 2. The molecule has 0 aliphatic heterocycles. The van der Waals surface area contributed by atoms with E-state index in [1.807, 2.05) is 36.5 Å². The van der Waals surface area contributed by atoms with Crippen LogP contribution in [-0.2, 0) is 0 Å². The van der Waals surface area contributed by atoms with E-state index in [4.69, 9.17) is 4.74 Å². The lowest BCUT2D eigenvalue weighted by Crippen LogP contribution is -1.95. The fourth-order valence-electron chi connectivity index (χ4n) is 1.78. The quantitative estimate of drug-likeness (QED) is 0.738. The Hall–Kier alpha value is -2.56. The number of benzene rings is 1. The summed E-state index contributed by atoms with van der Waals surface area (Å²) in [6, 6.07) is 9.59. The molecule has 3 rings (SSSR count).